The standard InChI is InChI=1S/C23H21BN4O/c24-27-14-4-5-18(27)16-28-22-12-13-25-15-21(22)23(26-28)17-8-10-20(11-9-17)29-19-6-2-1-3-7-19/h1-3,6-13,15,18H,4-5,14,16H2/t18-/m1/s1. The van der Waals surface area contributed by atoms with Crippen LogP contribution in [-0.4, -0.2) is 40.1 Å². The van der Waals surface area contributed by atoms with Crippen molar-refractivity contribution in [2.24, 2.45) is 0 Å². The second-order valence-electron chi connectivity index (χ2n) is 7.40. The quantitative estimate of drug-likeness (QED) is 0.480. The van der Waals surface area contributed by atoms with Crippen molar-refractivity contribution in [3.8, 4) is 22.8 Å². The Kier molecular flexibility index (Phi) is 4.78. The molecular formula is C23H21BN4O. The summed E-state index contributed by atoms with van der Waals surface area (Å²) in [5, 5.41) is 5.97. The van der Waals surface area contributed by atoms with Crippen molar-refractivity contribution in [3.63, 3.8) is 0 Å². The number of aromatic nitrogens is 3. The molecule has 0 unspecified atom stereocenters. The molecule has 5 nitrogen and oxygen atoms in total. The van der Waals surface area contributed by atoms with E-state index in [1.807, 2.05) is 77.9 Å². The number of para-hydroxylation sites is 1. The zero-order valence-electron chi connectivity index (χ0n) is 16.1. The Morgan fingerprint density at radius 1 is 1.00 bits per heavy atom. The molecule has 142 valence electrons. The highest BCUT2D eigenvalue weighted by atomic mass is 16.5. The smallest absolute Gasteiger partial charge is 0.182 e. The first-order valence-corrected chi connectivity index (χ1v) is 9.93. The van der Waals surface area contributed by atoms with E-state index >= 15 is 0 Å². The summed E-state index contributed by atoms with van der Waals surface area (Å²) in [5.41, 5.74) is 3.05. The fourth-order valence-corrected chi connectivity index (χ4v) is 3.93. The summed E-state index contributed by atoms with van der Waals surface area (Å²) in [5.74, 6) is 1.62. The molecule has 4 aromatic rings. The maximum absolute atomic E-state index is 6.13. The van der Waals surface area contributed by atoms with Gasteiger partial charge in [0.05, 0.1) is 12.1 Å². The van der Waals surface area contributed by atoms with Gasteiger partial charge in [0.1, 0.15) is 17.2 Å². The van der Waals surface area contributed by atoms with Crippen LogP contribution < -0.4 is 4.74 Å². The third-order valence-corrected chi connectivity index (χ3v) is 5.46. The fraction of sp³-hybridized carbons (Fsp3) is 0.217. The summed E-state index contributed by atoms with van der Waals surface area (Å²) in [6.45, 7) is 1.73. The Morgan fingerprint density at radius 2 is 1.79 bits per heavy atom. The lowest BCUT2D eigenvalue weighted by molar-refractivity contribution is 0.364. The first kappa shape index (κ1) is 17.9. The maximum Gasteiger partial charge on any atom is 0.182 e. The zero-order chi connectivity index (χ0) is 19.6. The summed E-state index contributed by atoms with van der Waals surface area (Å²) in [6, 6.07) is 20.2. The monoisotopic (exact) mass is 380 g/mol. The Hall–Kier alpha value is -3.12. The second-order valence-corrected chi connectivity index (χ2v) is 7.40. The molecule has 2 radical (unpaired) electrons. The Bertz CT molecular complexity index is 1110. The molecular weight excluding hydrogens is 359 g/mol. The Morgan fingerprint density at radius 3 is 2.55 bits per heavy atom. The molecule has 0 spiro atoms. The number of hydrogen-bond donors (Lipinski definition) is 0. The molecule has 29 heavy (non-hydrogen) atoms. The van der Waals surface area contributed by atoms with Gasteiger partial charge in [-0.2, -0.15) is 5.10 Å². The topological polar surface area (TPSA) is 43.2 Å². The minimum Gasteiger partial charge on any atom is -0.457 e. The summed E-state index contributed by atoms with van der Waals surface area (Å²) in [7, 11) is 6.13. The van der Waals surface area contributed by atoms with Gasteiger partial charge in [-0.15, -0.1) is 0 Å². The van der Waals surface area contributed by atoms with Gasteiger partial charge in [0.15, 0.2) is 7.98 Å². The molecule has 0 bridgehead atoms. The van der Waals surface area contributed by atoms with Crippen LogP contribution in [0.15, 0.2) is 73.1 Å². The predicted molar refractivity (Wildman–Crippen MR) is 115 cm³/mol. The lowest BCUT2D eigenvalue weighted by Crippen LogP contribution is -2.30. The summed E-state index contributed by atoms with van der Waals surface area (Å²) >= 11 is 0. The summed E-state index contributed by atoms with van der Waals surface area (Å²) in [4.78, 5) is 6.25. The largest absolute Gasteiger partial charge is 0.457 e. The van der Waals surface area contributed by atoms with Crippen LogP contribution in [0.25, 0.3) is 22.2 Å². The first-order chi connectivity index (χ1) is 14.3. The number of rotatable bonds is 5. The molecule has 3 heterocycles. The van der Waals surface area contributed by atoms with Gasteiger partial charge in [-0.25, -0.2) is 0 Å². The fourth-order valence-electron chi connectivity index (χ4n) is 3.93. The van der Waals surface area contributed by atoms with Crippen molar-refractivity contribution in [2.45, 2.75) is 25.4 Å². The van der Waals surface area contributed by atoms with Crippen LogP contribution in [0, 0.1) is 0 Å². The molecule has 1 aliphatic rings. The Labute approximate surface area is 171 Å². The van der Waals surface area contributed by atoms with E-state index in [4.69, 9.17) is 17.8 Å². The highest BCUT2D eigenvalue weighted by Crippen LogP contribution is 2.30. The minimum atomic E-state index is 0.320. The van der Waals surface area contributed by atoms with Crippen LogP contribution in [0.1, 0.15) is 12.8 Å². The maximum atomic E-state index is 6.13. The molecule has 2 aromatic heterocycles. The van der Waals surface area contributed by atoms with Crippen LogP contribution in [-0.2, 0) is 6.54 Å². The van der Waals surface area contributed by atoms with Crippen molar-refractivity contribution in [1.82, 2.24) is 19.6 Å². The number of pyridine rings is 1. The number of benzene rings is 2. The molecule has 5 rings (SSSR count). The Balaban J connectivity index is 1.45. The van der Waals surface area contributed by atoms with E-state index in [2.05, 4.69) is 9.67 Å². The van der Waals surface area contributed by atoms with Gasteiger partial charge in [0, 0.05) is 29.4 Å². The van der Waals surface area contributed by atoms with Crippen molar-refractivity contribution in [3.05, 3.63) is 73.1 Å². The number of ether oxygens (including phenoxy) is 1. The number of hydrogen-bond acceptors (Lipinski definition) is 4. The molecule has 0 amide bonds. The van der Waals surface area contributed by atoms with Crippen molar-refractivity contribution in [1.29, 1.82) is 0 Å². The zero-order valence-corrected chi connectivity index (χ0v) is 16.1. The van der Waals surface area contributed by atoms with Gasteiger partial charge in [-0.05, 0) is 61.9 Å². The van der Waals surface area contributed by atoms with Crippen LogP contribution >= 0.6 is 0 Å². The normalized spacial score (nSPS) is 17.0. The van der Waals surface area contributed by atoms with Gasteiger partial charge < -0.3 is 9.55 Å². The molecule has 1 saturated heterocycles. The molecule has 0 aliphatic carbocycles. The third kappa shape index (κ3) is 3.63. The SMILES string of the molecule is [B]N1CCC[C@@H]1Cn1nc(-c2ccc(Oc3ccccc3)cc2)c2cnccc21. The lowest BCUT2D eigenvalue weighted by atomic mass is 10.1. The van der Waals surface area contributed by atoms with E-state index in [1.54, 1.807) is 0 Å². The highest BCUT2D eigenvalue weighted by Gasteiger charge is 2.22. The summed E-state index contributed by atoms with van der Waals surface area (Å²) in [6.07, 6.45) is 5.94. The van der Waals surface area contributed by atoms with E-state index in [-0.39, 0.29) is 0 Å². The van der Waals surface area contributed by atoms with Crippen molar-refractivity contribution in [2.75, 3.05) is 6.54 Å². The molecule has 0 N–H and O–H groups in total. The molecule has 0 saturated carbocycles. The molecule has 2 aromatic carbocycles. The number of nitrogens with zero attached hydrogens (tertiary/aromatic N) is 4. The number of fused-ring (bicyclic) bond motifs is 1. The van der Waals surface area contributed by atoms with Gasteiger partial charge in [0.25, 0.3) is 0 Å². The first-order valence-electron chi connectivity index (χ1n) is 9.93. The molecule has 6 heteroatoms. The average molecular weight is 380 g/mol. The van der Waals surface area contributed by atoms with E-state index in [9.17, 15) is 0 Å². The van der Waals surface area contributed by atoms with Gasteiger partial charge in [-0.1, -0.05) is 18.2 Å². The third-order valence-electron chi connectivity index (χ3n) is 5.46. The van der Waals surface area contributed by atoms with Crippen molar-refractivity contribution < 1.29 is 4.74 Å². The van der Waals surface area contributed by atoms with Gasteiger partial charge in [0.2, 0.25) is 0 Å². The van der Waals surface area contributed by atoms with Crippen LogP contribution in [0.4, 0.5) is 0 Å². The predicted octanol–water partition coefficient (Wildman–Crippen LogP) is 4.44. The van der Waals surface area contributed by atoms with Gasteiger partial charge in [-0.3, -0.25) is 9.67 Å². The molecule has 1 fully saturated rings. The van der Waals surface area contributed by atoms with E-state index in [0.29, 0.717) is 6.04 Å². The molecule has 1 aliphatic heterocycles. The van der Waals surface area contributed by atoms with Crippen LogP contribution in [0.3, 0.4) is 0 Å². The minimum absolute atomic E-state index is 0.320. The van der Waals surface area contributed by atoms with Crippen molar-refractivity contribution >= 4 is 18.9 Å². The van der Waals surface area contributed by atoms with Gasteiger partial charge >= 0.3 is 0 Å². The van der Waals surface area contributed by atoms with E-state index in [1.165, 1.54) is 0 Å². The lowest BCUT2D eigenvalue weighted by Gasteiger charge is -2.20. The average Bonchev–Trinajstić information content (AvgIpc) is 3.34. The molecule has 1 atom stereocenters. The summed E-state index contributed by atoms with van der Waals surface area (Å²) < 4.78 is 7.97. The van der Waals surface area contributed by atoms with E-state index in [0.717, 1.165) is 59.6 Å². The second kappa shape index (κ2) is 7.72. The van der Waals surface area contributed by atoms with Crippen LogP contribution in [0.5, 0.6) is 11.5 Å². The van der Waals surface area contributed by atoms with E-state index < -0.39 is 0 Å². The van der Waals surface area contributed by atoms with Crippen LogP contribution in [0.2, 0.25) is 0 Å². The highest BCUT2D eigenvalue weighted by molar-refractivity contribution is 6.04.